The average molecular weight is 371 g/mol. The van der Waals surface area contributed by atoms with Gasteiger partial charge < -0.3 is 19.5 Å². The molecule has 1 amide bonds. The SMILES string of the molecule is COc1cccc(O[C@@H](C)C(=O)NCCCc2cccc(OC(C)C)c2)c1. The molecule has 0 unspecified atom stereocenters. The van der Waals surface area contributed by atoms with Gasteiger partial charge in [0.1, 0.15) is 17.2 Å². The lowest BCUT2D eigenvalue weighted by Crippen LogP contribution is -2.36. The smallest absolute Gasteiger partial charge is 0.260 e. The van der Waals surface area contributed by atoms with Crippen molar-refractivity contribution in [3.8, 4) is 17.2 Å². The van der Waals surface area contributed by atoms with Gasteiger partial charge in [0.2, 0.25) is 0 Å². The van der Waals surface area contributed by atoms with Crippen molar-refractivity contribution in [3.05, 3.63) is 54.1 Å². The Hall–Kier alpha value is -2.69. The molecular weight excluding hydrogens is 342 g/mol. The normalized spacial score (nSPS) is 11.7. The lowest BCUT2D eigenvalue weighted by Gasteiger charge is -2.15. The molecule has 5 heteroatoms. The fourth-order valence-electron chi connectivity index (χ4n) is 2.63. The first kappa shape index (κ1) is 20.6. The number of hydrogen-bond acceptors (Lipinski definition) is 4. The van der Waals surface area contributed by atoms with E-state index in [4.69, 9.17) is 14.2 Å². The van der Waals surface area contributed by atoms with E-state index in [1.807, 2.05) is 38.1 Å². The van der Waals surface area contributed by atoms with Gasteiger partial charge in [-0.25, -0.2) is 0 Å². The van der Waals surface area contributed by atoms with E-state index >= 15 is 0 Å². The van der Waals surface area contributed by atoms with Gasteiger partial charge in [0.05, 0.1) is 13.2 Å². The average Bonchev–Trinajstić information content (AvgIpc) is 2.65. The minimum absolute atomic E-state index is 0.130. The lowest BCUT2D eigenvalue weighted by atomic mass is 10.1. The summed E-state index contributed by atoms with van der Waals surface area (Å²) in [5.41, 5.74) is 1.20. The van der Waals surface area contributed by atoms with E-state index in [-0.39, 0.29) is 12.0 Å². The van der Waals surface area contributed by atoms with Crippen molar-refractivity contribution >= 4 is 5.91 Å². The lowest BCUT2D eigenvalue weighted by molar-refractivity contribution is -0.127. The molecule has 0 aliphatic carbocycles. The molecule has 2 aromatic rings. The maximum absolute atomic E-state index is 12.2. The number of benzene rings is 2. The minimum Gasteiger partial charge on any atom is -0.497 e. The molecule has 2 rings (SSSR count). The predicted octanol–water partition coefficient (Wildman–Crippen LogP) is 4.00. The molecular formula is C22H29NO4. The van der Waals surface area contributed by atoms with Crippen LogP contribution in [0.4, 0.5) is 0 Å². The van der Waals surface area contributed by atoms with Crippen molar-refractivity contribution < 1.29 is 19.0 Å². The Morgan fingerprint density at radius 2 is 1.63 bits per heavy atom. The van der Waals surface area contributed by atoms with Gasteiger partial charge >= 0.3 is 0 Å². The van der Waals surface area contributed by atoms with Gasteiger partial charge in [-0.2, -0.15) is 0 Å². The van der Waals surface area contributed by atoms with Gasteiger partial charge in [0.15, 0.2) is 6.10 Å². The molecule has 0 fully saturated rings. The number of carbonyl (C=O) groups is 1. The van der Waals surface area contributed by atoms with Gasteiger partial charge in [-0.15, -0.1) is 0 Å². The summed E-state index contributed by atoms with van der Waals surface area (Å²) < 4.78 is 16.5. The molecule has 0 heterocycles. The molecule has 0 aromatic heterocycles. The van der Waals surface area contributed by atoms with E-state index in [1.54, 1.807) is 26.2 Å². The maximum Gasteiger partial charge on any atom is 0.260 e. The first-order chi connectivity index (χ1) is 13.0. The van der Waals surface area contributed by atoms with E-state index in [0.717, 1.165) is 18.6 Å². The van der Waals surface area contributed by atoms with Crippen LogP contribution in [0.5, 0.6) is 17.2 Å². The Labute approximate surface area is 161 Å². The predicted molar refractivity (Wildman–Crippen MR) is 107 cm³/mol. The summed E-state index contributed by atoms with van der Waals surface area (Å²) in [6, 6.07) is 15.3. The zero-order valence-corrected chi connectivity index (χ0v) is 16.5. The third kappa shape index (κ3) is 7.21. The largest absolute Gasteiger partial charge is 0.497 e. The molecule has 27 heavy (non-hydrogen) atoms. The quantitative estimate of drug-likeness (QED) is 0.642. The number of rotatable bonds is 10. The molecule has 146 valence electrons. The first-order valence-corrected chi connectivity index (χ1v) is 9.32. The van der Waals surface area contributed by atoms with E-state index < -0.39 is 6.10 Å². The molecule has 0 radical (unpaired) electrons. The van der Waals surface area contributed by atoms with E-state index in [0.29, 0.717) is 18.0 Å². The number of carbonyl (C=O) groups excluding carboxylic acids is 1. The summed E-state index contributed by atoms with van der Waals surface area (Å²) >= 11 is 0. The number of aryl methyl sites for hydroxylation is 1. The highest BCUT2D eigenvalue weighted by Gasteiger charge is 2.14. The molecule has 0 aliphatic heterocycles. The number of methoxy groups -OCH3 is 1. The van der Waals surface area contributed by atoms with Crippen molar-refractivity contribution in [2.24, 2.45) is 0 Å². The van der Waals surface area contributed by atoms with Crippen LogP contribution in [0.2, 0.25) is 0 Å². The first-order valence-electron chi connectivity index (χ1n) is 9.32. The zero-order valence-electron chi connectivity index (χ0n) is 16.5. The maximum atomic E-state index is 12.2. The van der Waals surface area contributed by atoms with Crippen molar-refractivity contribution in [3.63, 3.8) is 0 Å². The third-order valence-electron chi connectivity index (χ3n) is 3.93. The Morgan fingerprint density at radius 1 is 0.963 bits per heavy atom. The van der Waals surface area contributed by atoms with Crippen LogP contribution in [0.1, 0.15) is 32.8 Å². The summed E-state index contributed by atoms with van der Waals surface area (Å²) in [5, 5.41) is 2.92. The van der Waals surface area contributed by atoms with Crippen molar-refractivity contribution in [1.82, 2.24) is 5.32 Å². The van der Waals surface area contributed by atoms with Crippen LogP contribution in [0.15, 0.2) is 48.5 Å². The molecule has 1 N–H and O–H groups in total. The number of amides is 1. The van der Waals surface area contributed by atoms with Gasteiger partial charge in [-0.1, -0.05) is 18.2 Å². The van der Waals surface area contributed by atoms with Crippen LogP contribution in [-0.2, 0) is 11.2 Å². The fourth-order valence-corrected chi connectivity index (χ4v) is 2.63. The molecule has 1 atom stereocenters. The van der Waals surface area contributed by atoms with Crippen molar-refractivity contribution in [2.45, 2.75) is 45.8 Å². The highest BCUT2D eigenvalue weighted by Crippen LogP contribution is 2.20. The highest BCUT2D eigenvalue weighted by atomic mass is 16.5. The molecule has 0 saturated carbocycles. The van der Waals surface area contributed by atoms with Crippen LogP contribution < -0.4 is 19.5 Å². The molecule has 0 bridgehead atoms. The monoisotopic (exact) mass is 371 g/mol. The highest BCUT2D eigenvalue weighted by molar-refractivity contribution is 5.80. The number of ether oxygens (including phenoxy) is 3. The Balaban J connectivity index is 1.73. The number of hydrogen-bond donors (Lipinski definition) is 1. The summed E-state index contributed by atoms with van der Waals surface area (Å²) in [4.78, 5) is 12.2. The zero-order chi connectivity index (χ0) is 19.6. The van der Waals surface area contributed by atoms with Crippen LogP contribution in [-0.4, -0.2) is 31.8 Å². The van der Waals surface area contributed by atoms with Crippen LogP contribution >= 0.6 is 0 Å². The van der Waals surface area contributed by atoms with E-state index in [9.17, 15) is 4.79 Å². The molecule has 0 aliphatic rings. The van der Waals surface area contributed by atoms with Gasteiger partial charge in [0, 0.05) is 12.6 Å². The summed E-state index contributed by atoms with van der Waals surface area (Å²) in [5.74, 6) is 2.06. The Bertz CT molecular complexity index is 730. The Morgan fingerprint density at radius 3 is 2.33 bits per heavy atom. The molecule has 0 spiro atoms. The van der Waals surface area contributed by atoms with Crippen LogP contribution in [0.25, 0.3) is 0 Å². The number of nitrogens with one attached hydrogen (secondary N) is 1. The standard InChI is InChI=1S/C22H29NO4/c1-16(2)26-20-11-5-8-18(14-20)9-7-13-23-22(24)17(3)27-21-12-6-10-19(15-21)25-4/h5-6,8,10-12,14-17H,7,9,13H2,1-4H3,(H,23,24)/t17-/m0/s1. The molecule has 0 saturated heterocycles. The van der Waals surface area contributed by atoms with Crippen LogP contribution in [0, 0.1) is 0 Å². The third-order valence-corrected chi connectivity index (χ3v) is 3.93. The van der Waals surface area contributed by atoms with Crippen molar-refractivity contribution in [1.29, 1.82) is 0 Å². The second-order valence-electron chi connectivity index (χ2n) is 6.65. The van der Waals surface area contributed by atoms with E-state index in [2.05, 4.69) is 17.4 Å². The summed E-state index contributed by atoms with van der Waals surface area (Å²) in [7, 11) is 1.60. The Kier molecular flexibility index (Phi) is 7.99. The van der Waals surface area contributed by atoms with E-state index in [1.165, 1.54) is 5.56 Å². The van der Waals surface area contributed by atoms with Crippen LogP contribution in [0.3, 0.4) is 0 Å². The fraction of sp³-hybridized carbons (Fsp3) is 0.409. The van der Waals surface area contributed by atoms with Crippen molar-refractivity contribution in [2.75, 3.05) is 13.7 Å². The topological polar surface area (TPSA) is 56.8 Å². The van der Waals surface area contributed by atoms with Gasteiger partial charge in [-0.3, -0.25) is 4.79 Å². The second-order valence-corrected chi connectivity index (χ2v) is 6.65. The minimum atomic E-state index is -0.570. The second kappa shape index (κ2) is 10.5. The molecule has 2 aromatic carbocycles. The van der Waals surface area contributed by atoms with Gasteiger partial charge in [0.25, 0.3) is 5.91 Å². The summed E-state index contributed by atoms with van der Waals surface area (Å²) in [6.07, 6.45) is 1.31. The summed E-state index contributed by atoms with van der Waals surface area (Å²) in [6.45, 7) is 6.36. The van der Waals surface area contributed by atoms with Gasteiger partial charge in [-0.05, 0) is 63.4 Å². The molecule has 5 nitrogen and oxygen atoms in total.